The van der Waals surface area contributed by atoms with Gasteiger partial charge in [0.15, 0.2) is 5.78 Å². The van der Waals surface area contributed by atoms with Crippen LogP contribution in [0.25, 0.3) is 0 Å². The summed E-state index contributed by atoms with van der Waals surface area (Å²) in [6.45, 7) is 20.1. The van der Waals surface area contributed by atoms with Crippen molar-refractivity contribution in [1.29, 1.82) is 0 Å². The van der Waals surface area contributed by atoms with Gasteiger partial charge in [0, 0.05) is 13.5 Å². The molecule has 228 valence electrons. The van der Waals surface area contributed by atoms with Crippen LogP contribution in [-0.4, -0.2) is 37.7 Å². The van der Waals surface area contributed by atoms with Crippen molar-refractivity contribution in [2.24, 2.45) is 51.8 Å². The number of hydrogen-bond acceptors (Lipinski definition) is 3. The summed E-state index contributed by atoms with van der Waals surface area (Å²) in [6, 6.07) is 0. The van der Waals surface area contributed by atoms with Gasteiger partial charge in [-0.15, -0.1) is 6.58 Å². The lowest BCUT2D eigenvalue weighted by Crippen LogP contribution is -2.61. The second kappa shape index (κ2) is 13.0. The van der Waals surface area contributed by atoms with Gasteiger partial charge >= 0.3 is 0 Å². The Labute approximate surface area is 248 Å². The fraction of sp³-hybridized carbons (Fsp3) is 0.889. The molecule has 3 nitrogen and oxygen atoms in total. The summed E-state index contributed by atoms with van der Waals surface area (Å²) < 4.78 is 11.6. The van der Waals surface area contributed by atoms with Crippen LogP contribution in [0.15, 0.2) is 12.2 Å². The second-order valence-corrected chi connectivity index (χ2v) is 16.5. The predicted octanol–water partition coefficient (Wildman–Crippen LogP) is 9.75. The van der Waals surface area contributed by atoms with E-state index in [1.54, 1.807) is 7.11 Å². The van der Waals surface area contributed by atoms with Gasteiger partial charge in [0.1, 0.15) is 6.61 Å². The molecule has 0 aromatic heterocycles. The molecule has 0 aromatic carbocycles. The lowest BCUT2D eigenvalue weighted by Gasteiger charge is -2.68. The summed E-state index contributed by atoms with van der Waals surface area (Å²) in [7, 11) is 2.93. The summed E-state index contributed by atoms with van der Waals surface area (Å²) >= 11 is 0. The van der Waals surface area contributed by atoms with E-state index in [1.807, 2.05) is 13.8 Å². The highest BCUT2D eigenvalue weighted by Gasteiger charge is 2.64. The lowest BCUT2D eigenvalue weighted by molar-refractivity contribution is -0.194. The second-order valence-electron chi connectivity index (χ2n) is 15.4. The van der Waals surface area contributed by atoms with Crippen molar-refractivity contribution in [3.05, 3.63) is 12.2 Å². The monoisotopic (exact) mass is 572 g/mol. The molecule has 0 amide bonds. The Morgan fingerprint density at radius 3 is 2.23 bits per heavy atom. The van der Waals surface area contributed by atoms with Gasteiger partial charge in [-0.25, -0.2) is 0 Å². The smallest absolute Gasteiger partial charge is 0.158 e. The van der Waals surface area contributed by atoms with E-state index in [1.165, 1.54) is 89.9 Å². The number of rotatable bonds is 7. The van der Waals surface area contributed by atoms with Crippen LogP contribution < -0.4 is 0 Å². The lowest BCUT2D eigenvalue weighted by atomic mass is 9.37. The molecule has 5 aliphatic rings. The van der Waals surface area contributed by atoms with Crippen LogP contribution in [0.1, 0.15) is 125 Å². The van der Waals surface area contributed by atoms with Crippen LogP contribution in [-0.2, 0) is 14.3 Å². The third-order valence-electron chi connectivity index (χ3n) is 13.1. The minimum Gasteiger partial charge on any atom is -0.377 e. The molecule has 40 heavy (non-hydrogen) atoms. The van der Waals surface area contributed by atoms with Crippen LogP contribution >= 0.6 is 8.20 Å². The third-order valence-corrected chi connectivity index (χ3v) is 13.8. The highest BCUT2D eigenvalue weighted by atomic mass is 31.1. The Bertz CT molecular complexity index is 938. The average molecular weight is 573 g/mol. The van der Waals surface area contributed by atoms with Crippen LogP contribution in [0.4, 0.5) is 0 Å². The molecule has 5 rings (SSSR count). The maximum atomic E-state index is 12.4. The van der Waals surface area contributed by atoms with Crippen LogP contribution in [0.5, 0.6) is 0 Å². The van der Waals surface area contributed by atoms with Gasteiger partial charge in [-0.3, -0.25) is 4.79 Å². The minimum atomic E-state index is 0.298. The number of allylic oxidation sites excluding steroid dienone is 1. The first-order valence-corrected chi connectivity index (χ1v) is 18.0. The van der Waals surface area contributed by atoms with E-state index in [0.717, 1.165) is 42.4 Å². The van der Waals surface area contributed by atoms with Crippen molar-refractivity contribution in [1.82, 2.24) is 0 Å². The van der Waals surface area contributed by atoms with Crippen molar-refractivity contribution >= 4 is 19.5 Å². The van der Waals surface area contributed by atoms with E-state index in [-0.39, 0.29) is 0 Å². The topological polar surface area (TPSA) is 35.5 Å². The van der Waals surface area contributed by atoms with E-state index in [4.69, 9.17) is 9.47 Å². The first kappa shape index (κ1) is 32.4. The number of fused-ring (bicyclic) bond motifs is 7. The van der Waals surface area contributed by atoms with E-state index in [0.29, 0.717) is 40.7 Å². The number of hydrogen-bond donors (Lipinski definition) is 0. The summed E-state index contributed by atoms with van der Waals surface area (Å²) in [5.41, 5.74) is 3.80. The van der Waals surface area contributed by atoms with Gasteiger partial charge in [0.25, 0.3) is 0 Å². The Balaban J connectivity index is 0.000000867. The molecule has 0 bridgehead atoms. The van der Waals surface area contributed by atoms with Gasteiger partial charge in [-0.05, 0) is 150 Å². The number of methoxy groups -OCH3 is 1. The normalized spacial score (nSPS) is 44.3. The Morgan fingerprint density at radius 1 is 0.900 bits per heavy atom. The quantitative estimate of drug-likeness (QED) is 0.225. The van der Waals surface area contributed by atoms with Crippen LogP contribution in [0.2, 0.25) is 0 Å². The molecule has 4 heteroatoms. The molecule has 0 radical (unpaired) electrons. The molecule has 10 unspecified atom stereocenters. The molecule has 0 saturated heterocycles. The molecule has 0 N–H and O–H groups in total. The van der Waals surface area contributed by atoms with E-state index >= 15 is 0 Å². The highest BCUT2D eigenvalue weighted by Crippen LogP contribution is 2.72. The fourth-order valence-electron chi connectivity index (χ4n) is 11.4. The molecular weight excluding hydrogens is 511 g/mol. The summed E-state index contributed by atoms with van der Waals surface area (Å²) in [6.07, 6.45) is 17.5. The van der Waals surface area contributed by atoms with E-state index in [2.05, 4.69) is 40.9 Å². The zero-order chi connectivity index (χ0) is 29.3. The Morgan fingerprint density at radius 2 is 1.55 bits per heavy atom. The zero-order valence-electron chi connectivity index (χ0n) is 27.3. The molecule has 0 aromatic rings. The van der Waals surface area contributed by atoms with Crippen molar-refractivity contribution < 1.29 is 14.3 Å². The molecule has 10 atom stereocenters. The summed E-state index contributed by atoms with van der Waals surface area (Å²) in [4.78, 5) is 12.4. The number of carbonyl (C=O) groups is 1. The van der Waals surface area contributed by atoms with Crippen molar-refractivity contribution in [2.45, 2.75) is 131 Å². The maximum absolute atomic E-state index is 12.4. The standard InChI is InChI=1S/C32H53O3P.C4H8/c1-21-25-12-16-31(4)26-13-19-32(18-11-23(33)20-34-5)15-7-8-27(32)24(26)9-10-29(31)30(25,3)17-14-28(21)35-22(2)36-6;1-4(2)3/h21,24-29H,7-20H2,1-6H3;1H2,2-3H3. The van der Waals surface area contributed by atoms with Gasteiger partial charge in [-0.1, -0.05) is 41.0 Å². The average Bonchev–Trinajstić information content (AvgIpc) is 3.33. The van der Waals surface area contributed by atoms with Gasteiger partial charge in [0.2, 0.25) is 0 Å². The molecule has 5 saturated carbocycles. The predicted molar refractivity (Wildman–Crippen MR) is 171 cm³/mol. The molecule has 0 aliphatic heterocycles. The number of ketones is 1. The highest BCUT2D eigenvalue weighted by molar-refractivity contribution is 7.39. The van der Waals surface area contributed by atoms with Crippen molar-refractivity contribution in [2.75, 3.05) is 20.4 Å². The van der Waals surface area contributed by atoms with Crippen LogP contribution in [0.3, 0.4) is 0 Å². The Kier molecular flexibility index (Phi) is 10.5. The number of ether oxygens (including phenoxy) is 2. The largest absolute Gasteiger partial charge is 0.377 e. The number of carbonyl (C=O) groups excluding carboxylic acids is 1. The number of Topliss-reactive ketones (excluding diaryl/α,β-unsaturated/α-hetero) is 1. The SMILES string of the molecule is C=C(C)C.COCC(=O)CCC12CCCC1C1CCC3C4(C)CCC(OC(C)=PC)C(C)C4CCC3(C)C1CC2. The van der Waals surface area contributed by atoms with Crippen LogP contribution in [0, 0.1) is 51.8 Å². The summed E-state index contributed by atoms with van der Waals surface area (Å²) in [5.74, 6) is 5.33. The Hall–Kier alpha value is -0.500. The molecule has 5 aliphatic carbocycles. The van der Waals surface area contributed by atoms with E-state index < -0.39 is 0 Å². The van der Waals surface area contributed by atoms with Crippen molar-refractivity contribution in [3.63, 3.8) is 0 Å². The maximum Gasteiger partial charge on any atom is 0.158 e. The first-order chi connectivity index (χ1) is 18.9. The third kappa shape index (κ3) is 6.10. The molecular formula is C36H61O3P. The van der Waals surface area contributed by atoms with Gasteiger partial charge < -0.3 is 9.47 Å². The summed E-state index contributed by atoms with van der Waals surface area (Å²) in [5, 5.41) is 0. The minimum absolute atomic E-state index is 0.298. The fourth-order valence-corrected chi connectivity index (χ4v) is 11.7. The van der Waals surface area contributed by atoms with Crippen molar-refractivity contribution in [3.8, 4) is 0 Å². The zero-order valence-corrected chi connectivity index (χ0v) is 28.2. The van der Waals surface area contributed by atoms with E-state index in [9.17, 15) is 4.79 Å². The van der Waals surface area contributed by atoms with Gasteiger partial charge in [0.05, 0.1) is 11.6 Å². The molecule has 5 fully saturated rings. The molecule has 0 heterocycles. The first-order valence-electron chi connectivity index (χ1n) is 16.6. The molecule has 0 spiro atoms. The van der Waals surface area contributed by atoms with Gasteiger partial charge in [-0.2, -0.15) is 0 Å².